The molecule has 2 aliphatic heterocycles. The van der Waals surface area contributed by atoms with Crippen LogP contribution in [0.4, 0.5) is 0 Å². The Hall–Kier alpha value is -0.946. The van der Waals surface area contributed by atoms with E-state index in [1.165, 1.54) is 101 Å². The third kappa shape index (κ3) is 6.20. The number of thiophene rings is 2. The van der Waals surface area contributed by atoms with Gasteiger partial charge in [-0.25, -0.2) is 0 Å². The van der Waals surface area contributed by atoms with E-state index >= 15 is 0 Å². The van der Waals surface area contributed by atoms with Crippen LogP contribution in [-0.2, 0) is 0 Å². The fourth-order valence-corrected chi connectivity index (χ4v) is 23.6. The van der Waals surface area contributed by atoms with Crippen molar-refractivity contribution in [3.8, 4) is 20.9 Å². The van der Waals surface area contributed by atoms with Gasteiger partial charge in [0.05, 0.1) is 0 Å². The van der Waals surface area contributed by atoms with Gasteiger partial charge in [0, 0.05) is 19.5 Å². The van der Waals surface area contributed by atoms with E-state index in [-0.39, 0.29) is 0 Å². The first-order chi connectivity index (χ1) is 21.3. The van der Waals surface area contributed by atoms with Crippen LogP contribution in [0.1, 0.15) is 154 Å². The summed E-state index contributed by atoms with van der Waals surface area (Å²) in [5.41, 5.74) is 3.44. The van der Waals surface area contributed by atoms with Gasteiger partial charge in [-0.15, -0.1) is 22.7 Å². The van der Waals surface area contributed by atoms with E-state index < -0.39 is 16.1 Å². The standard InChI is InChI=1S/C40H62S2Si2/c1-9-13-17-21-43(22-18-14-10-2)35-25-32-36(26-31(35)39-37(43)27-33(41-39)29(5)6)44(23-19-15-11-3,24-20-16-12-4)38-28-34(30(7)8)42-40(32)38/h25-30H,9-24H2,1-8H3. The largest absolute Gasteiger partial charge is 0.140 e. The summed E-state index contributed by atoms with van der Waals surface area (Å²) in [6, 6.07) is 17.1. The first-order valence-electron chi connectivity index (χ1n) is 18.8. The maximum atomic E-state index is 2.89. The minimum Gasteiger partial charge on any atom is -0.140 e. The molecule has 0 fully saturated rings. The van der Waals surface area contributed by atoms with Gasteiger partial charge in [-0.2, -0.15) is 0 Å². The molecule has 3 aromatic rings. The second kappa shape index (κ2) is 14.9. The summed E-state index contributed by atoms with van der Waals surface area (Å²) in [7, 11) is -3.66. The van der Waals surface area contributed by atoms with Crippen molar-refractivity contribution in [2.24, 2.45) is 0 Å². The Morgan fingerprint density at radius 2 is 0.773 bits per heavy atom. The van der Waals surface area contributed by atoms with Gasteiger partial charge in [-0.3, -0.25) is 0 Å². The number of hydrogen-bond donors (Lipinski definition) is 0. The molecule has 0 saturated carbocycles. The molecule has 0 aliphatic carbocycles. The van der Waals surface area contributed by atoms with Crippen LogP contribution in [0, 0.1) is 0 Å². The molecule has 0 unspecified atom stereocenters. The van der Waals surface area contributed by atoms with Crippen LogP contribution in [0.25, 0.3) is 20.9 Å². The molecule has 5 rings (SSSR count). The molecule has 2 aliphatic rings. The quantitative estimate of drug-likeness (QED) is 0.0939. The van der Waals surface area contributed by atoms with Crippen LogP contribution in [0.3, 0.4) is 0 Å². The average Bonchev–Trinajstić information content (AvgIpc) is 3.74. The molecule has 0 saturated heterocycles. The summed E-state index contributed by atoms with van der Waals surface area (Å²) >= 11 is 4.37. The monoisotopic (exact) mass is 662 g/mol. The average molecular weight is 663 g/mol. The Bertz CT molecular complexity index is 1260. The third-order valence-electron chi connectivity index (χ3n) is 11.2. The Balaban J connectivity index is 1.76. The first-order valence-corrected chi connectivity index (χ1v) is 25.2. The Kier molecular flexibility index (Phi) is 11.6. The van der Waals surface area contributed by atoms with Crippen molar-refractivity contribution in [3.63, 3.8) is 0 Å². The van der Waals surface area contributed by atoms with Crippen molar-refractivity contribution in [2.45, 2.75) is 168 Å². The van der Waals surface area contributed by atoms with Gasteiger partial charge < -0.3 is 0 Å². The van der Waals surface area contributed by atoms with Crippen molar-refractivity contribution in [2.75, 3.05) is 0 Å². The van der Waals surface area contributed by atoms with Crippen molar-refractivity contribution < 1.29 is 0 Å². The highest BCUT2D eigenvalue weighted by molar-refractivity contribution is 7.23. The summed E-state index contributed by atoms with van der Waals surface area (Å²) < 4.78 is 0. The number of fused-ring (bicyclic) bond motifs is 6. The van der Waals surface area contributed by atoms with Gasteiger partial charge in [-0.1, -0.05) is 145 Å². The van der Waals surface area contributed by atoms with Gasteiger partial charge in [-0.05, 0) is 80.0 Å². The topological polar surface area (TPSA) is 0 Å². The fourth-order valence-electron chi connectivity index (χ4n) is 8.59. The molecule has 4 heteroatoms. The van der Waals surface area contributed by atoms with Gasteiger partial charge in [0.1, 0.15) is 16.1 Å². The second-order valence-corrected chi connectivity index (χ2v) is 25.7. The Labute approximate surface area is 281 Å². The lowest BCUT2D eigenvalue weighted by atomic mass is 10.1. The van der Waals surface area contributed by atoms with Gasteiger partial charge in [0.15, 0.2) is 0 Å². The summed E-state index contributed by atoms with van der Waals surface area (Å²) in [4.78, 5) is 6.71. The van der Waals surface area contributed by atoms with Gasteiger partial charge in [0.2, 0.25) is 0 Å². The predicted molar refractivity (Wildman–Crippen MR) is 209 cm³/mol. The molecule has 0 N–H and O–H groups in total. The summed E-state index contributed by atoms with van der Waals surface area (Å²) in [5.74, 6) is 1.25. The lowest BCUT2D eigenvalue weighted by molar-refractivity contribution is 0.744. The number of hydrogen-bond acceptors (Lipinski definition) is 2. The van der Waals surface area contributed by atoms with Crippen LogP contribution in [0.2, 0.25) is 24.2 Å². The molecule has 1 aromatic carbocycles. The van der Waals surface area contributed by atoms with E-state index in [2.05, 4.69) is 102 Å². The molecule has 44 heavy (non-hydrogen) atoms. The first kappa shape index (κ1) is 34.4. The van der Waals surface area contributed by atoms with Crippen molar-refractivity contribution in [3.05, 3.63) is 34.0 Å². The Morgan fingerprint density at radius 1 is 0.455 bits per heavy atom. The minimum atomic E-state index is -1.83. The molecule has 0 spiro atoms. The predicted octanol–water partition coefficient (Wildman–Crippen LogP) is 11.9. The zero-order valence-corrected chi connectivity index (χ0v) is 33.2. The second-order valence-electron chi connectivity index (χ2n) is 15.0. The number of benzene rings is 1. The van der Waals surface area contributed by atoms with Crippen LogP contribution < -0.4 is 20.7 Å². The van der Waals surface area contributed by atoms with Crippen molar-refractivity contribution in [1.29, 1.82) is 0 Å². The van der Waals surface area contributed by atoms with E-state index in [1.54, 1.807) is 30.6 Å². The molecule has 0 bridgehead atoms. The number of unbranched alkanes of at least 4 members (excludes halogenated alkanes) is 8. The highest BCUT2D eigenvalue weighted by Gasteiger charge is 2.51. The van der Waals surface area contributed by atoms with E-state index in [9.17, 15) is 0 Å². The lowest BCUT2D eigenvalue weighted by Gasteiger charge is -2.32. The molecular formula is C40H62S2Si2. The molecular weight excluding hydrogens is 601 g/mol. The van der Waals surface area contributed by atoms with E-state index in [1.807, 2.05) is 20.7 Å². The molecule has 0 amide bonds. The Morgan fingerprint density at radius 3 is 1.05 bits per heavy atom. The van der Waals surface area contributed by atoms with Crippen LogP contribution in [0.15, 0.2) is 24.3 Å². The smallest absolute Gasteiger partial charge is 0.120 e. The van der Waals surface area contributed by atoms with E-state index in [0.717, 1.165) is 0 Å². The van der Waals surface area contributed by atoms with E-state index in [4.69, 9.17) is 0 Å². The van der Waals surface area contributed by atoms with Gasteiger partial charge in [0.25, 0.3) is 0 Å². The molecule has 242 valence electrons. The zero-order chi connectivity index (χ0) is 31.5. The number of rotatable bonds is 18. The summed E-state index contributed by atoms with van der Waals surface area (Å²) in [6.07, 6.45) is 16.5. The SMILES string of the molecule is CCCCC[Si]1(CCCCC)c2cc3c(cc2-c2sc(C(C)C)cc21)[Si](CCCCC)(CCCCC)c1cc(C(C)C)sc1-3. The molecule has 2 aromatic heterocycles. The highest BCUT2D eigenvalue weighted by Crippen LogP contribution is 2.46. The van der Waals surface area contributed by atoms with Crippen LogP contribution in [-0.4, -0.2) is 16.1 Å². The van der Waals surface area contributed by atoms with Gasteiger partial charge >= 0.3 is 0 Å². The lowest BCUT2D eigenvalue weighted by Crippen LogP contribution is -2.56. The van der Waals surface area contributed by atoms with Crippen molar-refractivity contribution >= 4 is 59.6 Å². The molecule has 0 radical (unpaired) electrons. The van der Waals surface area contributed by atoms with Crippen molar-refractivity contribution in [1.82, 2.24) is 0 Å². The van der Waals surface area contributed by atoms with E-state index in [0.29, 0.717) is 11.8 Å². The highest BCUT2D eigenvalue weighted by atomic mass is 32.1. The molecule has 4 heterocycles. The van der Waals surface area contributed by atoms with Crippen LogP contribution >= 0.6 is 22.7 Å². The fraction of sp³-hybridized carbons (Fsp3) is 0.650. The summed E-state index contributed by atoms with van der Waals surface area (Å²) in [6.45, 7) is 19.2. The molecule has 0 atom stereocenters. The zero-order valence-electron chi connectivity index (χ0n) is 29.6. The normalized spacial score (nSPS) is 15.7. The van der Waals surface area contributed by atoms with Crippen LogP contribution in [0.5, 0.6) is 0 Å². The maximum absolute atomic E-state index is 2.89. The molecule has 0 nitrogen and oxygen atoms in total. The third-order valence-corrected chi connectivity index (χ3v) is 25.0. The summed E-state index contributed by atoms with van der Waals surface area (Å²) in [5, 5.41) is 7.43. The maximum Gasteiger partial charge on any atom is 0.120 e. The minimum absolute atomic E-state index is 0.625.